The predicted molar refractivity (Wildman–Crippen MR) is 245 cm³/mol. The van der Waals surface area contributed by atoms with E-state index in [1.54, 1.807) is 26.4 Å². The first-order valence-electron chi connectivity index (χ1n) is 19.9. The fraction of sp³-hybridized carbons (Fsp3) is 0.200. The molecule has 0 spiro atoms. The zero-order valence-corrected chi connectivity index (χ0v) is 37.2. The maximum atomic E-state index is 14.1. The molecule has 1 aliphatic rings. The highest BCUT2D eigenvalue weighted by atomic mass is 79.9. The largest absolute Gasteiger partial charge is 0.497 e. The van der Waals surface area contributed by atoms with Crippen LogP contribution in [-0.4, -0.2) is 42.5 Å². The second-order valence-electron chi connectivity index (χ2n) is 16.1. The molecule has 0 amide bonds. The number of ether oxygens (including phenoxy) is 2. The van der Waals surface area contributed by atoms with Gasteiger partial charge in [0, 0.05) is 20.9 Å². The molecule has 0 unspecified atom stereocenters. The minimum absolute atomic E-state index is 0.0362. The summed E-state index contributed by atoms with van der Waals surface area (Å²) in [4.78, 5) is 6.19. The van der Waals surface area contributed by atoms with Crippen LogP contribution in [0, 0.1) is 37.1 Å². The number of hydrogen-bond acceptors (Lipinski definition) is 4. The van der Waals surface area contributed by atoms with Gasteiger partial charge in [-0.2, -0.15) is 0 Å². The van der Waals surface area contributed by atoms with E-state index in [1.165, 1.54) is 42.0 Å². The number of aromatic nitrogens is 2. The number of H-pyrrole nitrogens is 2. The summed E-state index contributed by atoms with van der Waals surface area (Å²) >= 11 is 3.40. The Morgan fingerprint density at radius 2 is 1.02 bits per heavy atom. The van der Waals surface area contributed by atoms with E-state index in [4.69, 9.17) is 18.8 Å². The number of rotatable bonds is 6. The Kier molecular flexibility index (Phi) is 12.8. The Hall–Kier alpha value is -5.82. The van der Waals surface area contributed by atoms with E-state index >= 15 is 0 Å². The van der Waals surface area contributed by atoms with Gasteiger partial charge < -0.3 is 28.8 Å². The van der Waals surface area contributed by atoms with Gasteiger partial charge in [0.1, 0.15) is 34.8 Å². The number of hydrogen-bond donors (Lipinski definition) is 2. The van der Waals surface area contributed by atoms with Gasteiger partial charge in [-0.15, -0.1) is 0 Å². The fourth-order valence-electron chi connectivity index (χ4n) is 7.19. The molecule has 2 aromatic heterocycles. The molecular formula is C50H46BBrF4N2O4. The highest BCUT2D eigenvalue weighted by Crippen LogP contribution is 2.37. The molecule has 0 saturated carbocycles. The molecule has 318 valence electrons. The van der Waals surface area contributed by atoms with E-state index in [2.05, 4.69) is 25.9 Å². The minimum atomic E-state index is -0.595. The van der Waals surface area contributed by atoms with Crippen molar-refractivity contribution in [3.05, 3.63) is 160 Å². The first-order chi connectivity index (χ1) is 29.5. The van der Waals surface area contributed by atoms with Crippen molar-refractivity contribution < 1.29 is 36.3 Å². The normalized spacial score (nSPS) is 14.0. The molecule has 1 aliphatic heterocycles. The maximum Gasteiger partial charge on any atom is 0.494 e. The van der Waals surface area contributed by atoms with E-state index in [0.29, 0.717) is 11.4 Å². The Labute approximate surface area is 367 Å². The number of halogens is 5. The highest BCUT2D eigenvalue weighted by Gasteiger charge is 2.51. The highest BCUT2D eigenvalue weighted by molar-refractivity contribution is 9.10. The third-order valence-electron chi connectivity index (χ3n) is 11.4. The lowest BCUT2D eigenvalue weighted by Crippen LogP contribution is -2.41. The number of nitrogens with one attached hydrogen (secondary N) is 2. The third-order valence-corrected chi connectivity index (χ3v) is 12.3. The zero-order valence-electron chi connectivity index (χ0n) is 35.6. The predicted octanol–water partition coefficient (Wildman–Crippen LogP) is 13.3. The van der Waals surface area contributed by atoms with Crippen LogP contribution in [0.15, 0.2) is 126 Å². The van der Waals surface area contributed by atoms with Crippen molar-refractivity contribution in [2.75, 3.05) is 14.2 Å². The van der Waals surface area contributed by atoms with Crippen LogP contribution in [0.4, 0.5) is 17.6 Å². The molecule has 6 nitrogen and oxygen atoms in total. The van der Waals surface area contributed by atoms with Crippen molar-refractivity contribution in [2.24, 2.45) is 0 Å². The van der Waals surface area contributed by atoms with Gasteiger partial charge in [-0.1, -0.05) is 52.3 Å². The summed E-state index contributed by atoms with van der Waals surface area (Å²) in [7, 11) is 2.83. The molecule has 12 heteroatoms. The second-order valence-corrected chi connectivity index (χ2v) is 16.9. The summed E-state index contributed by atoms with van der Waals surface area (Å²) in [5.74, 6) is -0.636. The molecule has 1 fully saturated rings. The molecule has 6 aromatic carbocycles. The van der Waals surface area contributed by atoms with Crippen LogP contribution in [0.2, 0.25) is 0 Å². The lowest BCUT2D eigenvalue weighted by molar-refractivity contribution is 0.00578. The molecule has 0 aliphatic carbocycles. The Balaban J connectivity index is 0.000000153. The van der Waals surface area contributed by atoms with E-state index in [1.807, 2.05) is 114 Å². The Morgan fingerprint density at radius 1 is 0.548 bits per heavy atom. The molecule has 2 N–H and O–H groups in total. The molecule has 62 heavy (non-hydrogen) atoms. The molecule has 8 aromatic rings. The smallest absolute Gasteiger partial charge is 0.494 e. The van der Waals surface area contributed by atoms with Crippen molar-refractivity contribution in [1.29, 1.82) is 0 Å². The van der Waals surface area contributed by atoms with Crippen LogP contribution in [0.25, 0.3) is 55.4 Å². The summed E-state index contributed by atoms with van der Waals surface area (Å²) in [6.45, 7) is 12.1. The fourth-order valence-corrected chi connectivity index (χ4v) is 7.43. The summed E-state index contributed by atoms with van der Waals surface area (Å²) in [6, 6.07) is 34.7. The average Bonchev–Trinajstić information content (AvgIpc) is 3.91. The van der Waals surface area contributed by atoms with Crippen LogP contribution in [0.5, 0.6) is 11.5 Å². The van der Waals surface area contributed by atoms with E-state index in [-0.39, 0.29) is 11.1 Å². The van der Waals surface area contributed by atoms with Gasteiger partial charge >= 0.3 is 7.12 Å². The molecule has 0 atom stereocenters. The number of aromatic amines is 2. The Morgan fingerprint density at radius 3 is 1.50 bits per heavy atom. The van der Waals surface area contributed by atoms with Gasteiger partial charge in [0.15, 0.2) is 0 Å². The first kappa shape index (κ1) is 44.2. The number of methoxy groups -OCH3 is 2. The van der Waals surface area contributed by atoms with Crippen molar-refractivity contribution in [1.82, 2.24) is 9.97 Å². The standard InChI is InChI=1S/C22H17F2NO.C20H20BF2NO2.C8H9BrO/c1-13-10-16(26-2)7-8-17(13)14-6-9-20-15(11-14)12-21(25-20)22-18(23)4-3-5-19(22)24;1-19(2)20(3,4)26-21(25-19)13-8-9-16-12(10-13)11-17(24-16)18-14(22)6-5-7-15(18)23;1-6-5-7(10-2)3-4-8(6)9/h3-12,25H,1-2H3;5-11,24H,1-4H3;3-5H,1-2H3. The zero-order chi connectivity index (χ0) is 44.5. The van der Waals surface area contributed by atoms with Gasteiger partial charge in [-0.05, 0) is 160 Å². The summed E-state index contributed by atoms with van der Waals surface area (Å²) in [6.07, 6.45) is 0. The van der Waals surface area contributed by atoms with Crippen LogP contribution >= 0.6 is 15.9 Å². The van der Waals surface area contributed by atoms with Gasteiger partial charge in [-0.25, -0.2) is 17.6 Å². The number of benzene rings is 6. The molecule has 3 heterocycles. The number of aryl methyl sites for hydroxylation is 2. The molecular weight excluding hydrogens is 859 g/mol. The molecule has 1 saturated heterocycles. The van der Waals surface area contributed by atoms with Crippen molar-refractivity contribution in [2.45, 2.75) is 52.7 Å². The van der Waals surface area contributed by atoms with Crippen LogP contribution in [-0.2, 0) is 9.31 Å². The van der Waals surface area contributed by atoms with Crippen molar-refractivity contribution in [3.63, 3.8) is 0 Å². The quantitative estimate of drug-likeness (QED) is 0.129. The van der Waals surface area contributed by atoms with Crippen molar-refractivity contribution >= 4 is 50.3 Å². The minimum Gasteiger partial charge on any atom is -0.497 e. The number of fused-ring (bicyclic) bond motifs is 2. The molecule has 0 bridgehead atoms. The van der Waals surface area contributed by atoms with Crippen molar-refractivity contribution in [3.8, 4) is 45.1 Å². The van der Waals surface area contributed by atoms with Gasteiger partial charge in [-0.3, -0.25) is 0 Å². The maximum absolute atomic E-state index is 14.1. The topological polar surface area (TPSA) is 68.5 Å². The second kappa shape index (κ2) is 17.9. The molecule has 9 rings (SSSR count). The SMILES string of the molecule is CC1(C)OB(c2ccc3[nH]c(-c4c(F)cccc4F)cc3c2)OC1(C)C.COc1ccc(-c2ccc3[nH]c(-c4c(F)cccc4F)cc3c2)c(C)c1.COc1ccc(Br)c(C)c1. The average molecular weight is 906 g/mol. The van der Waals surface area contributed by atoms with E-state index in [9.17, 15) is 17.6 Å². The third kappa shape index (κ3) is 9.18. The summed E-state index contributed by atoms with van der Waals surface area (Å²) < 4.78 is 79.8. The van der Waals surface area contributed by atoms with Crippen LogP contribution in [0.3, 0.4) is 0 Å². The lowest BCUT2D eigenvalue weighted by Gasteiger charge is -2.32. The van der Waals surface area contributed by atoms with Crippen LogP contribution < -0.4 is 14.9 Å². The Bertz CT molecular complexity index is 2850. The van der Waals surface area contributed by atoms with E-state index in [0.717, 1.165) is 59.9 Å². The van der Waals surface area contributed by atoms with E-state index < -0.39 is 41.6 Å². The van der Waals surface area contributed by atoms with Gasteiger partial charge in [0.2, 0.25) is 0 Å². The van der Waals surface area contributed by atoms with Gasteiger partial charge in [0.05, 0.1) is 47.9 Å². The first-order valence-corrected chi connectivity index (χ1v) is 20.7. The summed E-state index contributed by atoms with van der Waals surface area (Å²) in [5, 5.41) is 1.74. The molecule has 0 radical (unpaired) electrons. The summed E-state index contributed by atoms with van der Waals surface area (Å²) in [5.41, 5.74) is 6.81. The van der Waals surface area contributed by atoms with Gasteiger partial charge in [0.25, 0.3) is 0 Å². The monoisotopic (exact) mass is 904 g/mol. The van der Waals surface area contributed by atoms with Crippen LogP contribution in [0.1, 0.15) is 38.8 Å². The lowest BCUT2D eigenvalue weighted by atomic mass is 9.78.